The van der Waals surface area contributed by atoms with Crippen LogP contribution in [0.25, 0.3) is 0 Å². The molecule has 0 aliphatic carbocycles. The molecule has 0 saturated heterocycles. The van der Waals surface area contributed by atoms with Crippen molar-refractivity contribution in [3.8, 4) is 0 Å². The summed E-state index contributed by atoms with van der Waals surface area (Å²) in [5.74, 6) is 0. The van der Waals surface area contributed by atoms with E-state index in [1.54, 1.807) is 4.46 Å². The monoisotopic (exact) mass is 194 g/mol. The summed E-state index contributed by atoms with van der Waals surface area (Å²) >= 11 is 1.34. The fourth-order valence-electron chi connectivity index (χ4n) is 0.674. The minimum absolute atomic E-state index is 0.799. The summed E-state index contributed by atoms with van der Waals surface area (Å²) in [5, 5.41) is 0. The van der Waals surface area contributed by atoms with Gasteiger partial charge in [0.05, 0.1) is 0 Å². The Balaban J connectivity index is 2.88. The maximum atomic E-state index is 2.24. The predicted octanol–water partition coefficient (Wildman–Crippen LogP) is 0.408. The Labute approximate surface area is 76.5 Å². The number of rotatable bonds is 1. The molecule has 1 aromatic carbocycles. The van der Waals surface area contributed by atoms with E-state index < -0.39 is 0 Å². The summed E-state index contributed by atoms with van der Waals surface area (Å²) in [4.78, 5) is 0. The number of hydrogen-bond acceptors (Lipinski definition) is 0. The van der Waals surface area contributed by atoms with Gasteiger partial charge in [0.15, 0.2) is 0 Å². The fourth-order valence-corrected chi connectivity index (χ4v) is 2.95. The van der Waals surface area contributed by atoms with E-state index in [0.29, 0.717) is 0 Å². The van der Waals surface area contributed by atoms with Crippen LogP contribution >= 0.6 is 0 Å². The topological polar surface area (TPSA) is 0 Å². The van der Waals surface area contributed by atoms with Gasteiger partial charge in [-0.05, 0) is 0 Å². The summed E-state index contributed by atoms with van der Waals surface area (Å²) in [5.41, 5.74) is 1.37. The molecule has 1 rings (SSSR count). The van der Waals surface area contributed by atoms with Gasteiger partial charge in [-0.3, -0.25) is 0 Å². The third-order valence-electron chi connectivity index (χ3n) is 1.26. The van der Waals surface area contributed by atoms with Crippen LogP contribution in [0.3, 0.4) is 0 Å². The van der Waals surface area contributed by atoms with Gasteiger partial charge in [0, 0.05) is 0 Å². The molecule has 0 heterocycles. The van der Waals surface area contributed by atoms with Crippen LogP contribution in [0.4, 0.5) is 0 Å². The van der Waals surface area contributed by atoms with Crippen LogP contribution in [-0.4, -0.2) is 35.9 Å². The van der Waals surface area contributed by atoms with Crippen molar-refractivity contribution in [2.45, 2.75) is 6.92 Å². The minimum atomic E-state index is 0.799. The number of aryl methyl sites for hydroxylation is 1. The summed E-state index contributed by atoms with van der Waals surface area (Å²) in [6, 6.07) is 8.86. The third-order valence-corrected chi connectivity index (χ3v) is 5.27. The van der Waals surface area contributed by atoms with E-state index in [1.165, 1.54) is 30.9 Å². The molecule has 1 aromatic rings. The summed E-state index contributed by atoms with van der Waals surface area (Å²) in [6.45, 7) is 2.13. The first-order chi connectivity index (χ1) is 4.33. The first kappa shape index (κ1) is 7.84. The van der Waals surface area contributed by atoms with Crippen molar-refractivity contribution in [1.29, 1.82) is 0 Å². The van der Waals surface area contributed by atoms with Crippen LogP contribution < -0.4 is 4.46 Å². The van der Waals surface area contributed by atoms with Crippen LogP contribution in [0, 0.1) is 6.92 Å². The van der Waals surface area contributed by atoms with Gasteiger partial charge < -0.3 is 0 Å². The Morgan fingerprint density at radius 1 is 1.22 bits per heavy atom. The molecule has 0 amide bonds. The molecule has 0 fully saturated rings. The molecule has 0 aliphatic rings. The Morgan fingerprint density at radius 3 is 2.22 bits per heavy atom. The molecule has 9 heavy (non-hydrogen) atoms. The Hall–Kier alpha value is 0.739. The first-order valence-corrected chi connectivity index (χ1v) is 9.75. The molecule has 42 valence electrons. The predicted molar refractivity (Wildman–Crippen MR) is 42.3 cm³/mol. The van der Waals surface area contributed by atoms with Crippen molar-refractivity contribution >= 4 is 40.4 Å². The zero-order chi connectivity index (χ0) is 6.69. The summed E-state index contributed by atoms with van der Waals surface area (Å²) < 4.78 is 1.54. The molecule has 0 bridgehead atoms. The van der Waals surface area contributed by atoms with Gasteiger partial charge in [-0.1, -0.05) is 0 Å². The van der Waals surface area contributed by atoms with Crippen LogP contribution in [0.2, 0.25) is 0 Å². The molecule has 2 heteroatoms. The van der Waals surface area contributed by atoms with Crippen molar-refractivity contribution in [2.24, 2.45) is 0 Å². The Bertz CT molecular complexity index is 181. The van der Waals surface area contributed by atoms with E-state index in [9.17, 15) is 0 Å². The van der Waals surface area contributed by atoms with Crippen LogP contribution in [0.1, 0.15) is 5.56 Å². The van der Waals surface area contributed by atoms with E-state index in [0.717, 1.165) is 10.5 Å². The molecule has 0 spiro atoms. The standard InChI is InChI=1S/C7H8Se.Na/c1-6-2-4-7(8)5-3-6;/h2-5,8H,1H3;/q;+1/p-1. The zero-order valence-corrected chi connectivity index (χ0v) is 9.43. The summed E-state index contributed by atoms with van der Waals surface area (Å²) in [6.07, 6.45) is 0. The van der Waals surface area contributed by atoms with E-state index in [1.807, 2.05) is 0 Å². The first-order valence-electron chi connectivity index (χ1n) is 2.93. The zero-order valence-electron chi connectivity index (χ0n) is 5.72. The average molecular weight is 193 g/mol. The molecule has 0 aromatic heterocycles. The van der Waals surface area contributed by atoms with Crippen molar-refractivity contribution in [3.63, 3.8) is 0 Å². The summed E-state index contributed by atoms with van der Waals surface area (Å²) in [7, 11) is 0.799. The molecule has 0 nitrogen and oxygen atoms in total. The number of hydrogen-bond donors (Lipinski definition) is 0. The molecule has 0 atom stereocenters. The van der Waals surface area contributed by atoms with Gasteiger partial charge in [-0.15, -0.1) is 0 Å². The van der Waals surface area contributed by atoms with Crippen LogP contribution in [0.5, 0.6) is 0 Å². The molecular formula is C7H7NaSe. The number of benzene rings is 1. The van der Waals surface area contributed by atoms with Gasteiger partial charge in [0.25, 0.3) is 0 Å². The van der Waals surface area contributed by atoms with Gasteiger partial charge in [-0.2, -0.15) is 0 Å². The molecule has 0 unspecified atom stereocenters. The van der Waals surface area contributed by atoms with Crippen molar-refractivity contribution in [2.75, 3.05) is 0 Å². The third kappa shape index (κ3) is 2.45. The van der Waals surface area contributed by atoms with Crippen molar-refractivity contribution < 1.29 is 0 Å². The maximum absolute atomic E-state index is 2.24. The molecular weight excluding hydrogens is 186 g/mol. The molecule has 0 saturated carbocycles. The second kappa shape index (κ2) is 3.80. The quantitative estimate of drug-likeness (QED) is 0.566. The fraction of sp³-hybridized carbons (Fsp3) is 0.143. The van der Waals surface area contributed by atoms with Gasteiger partial charge in [0.2, 0.25) is 0 Å². The van der Waals surface area contributed by atoms with E-state index in [4.69, 9.17) is 0 Å². The Morgan fingerprint density at radius 2 is 1.78 bits per heavy atom. The molecule has 0 N–H and O–H groups in total. The van der Waals surface area contributed by atoms with Crippen LogP contribution in [0.15, 0.2) is 24.3 Å². The van der Waals surface area contributed by atoms with Gasteiger partial charge in [-0.25, -0.2) is 0 Å². The van der Waals surface area contributed by atoms with E-state index >= 15 is 0 Å². The van der Waals surface area contributed by atoms with E-state index in [-0.39, 0.29) is 0 Å². The Kier molecular flexibility index (Phi) is 3.31. The second-order valence-corrected chi connectivity index (χ2v) is 5.98. The van der Waals surface area contributed by atoms with Crippen molar-refractivity contribution in [1.82, 2.24) is 0 Å². The van der Waals surface area contributed by atoms with E-state index in [2.05, 4.69) is 31.2 Å². The van der Waals surface area contributed by atoms with Gasteiger partial charge in [0.1, 0.15) is 0 Å². The SMILES string of the molecule is Cc1ccc([Se][Na])cc1. The second-order valence-electron chi connectivity index (χ2n) is 2.02. The van der Waals surface area contributed by atoms with Crippen molar-refractivity contribution in [3.05, 3.63) is 29.8 Å². The van der Waals surface area contributed by atoms with Crippen LogP contribution in [-0.2, 0) is 0 Å². The normalized spacial score (nSPS) is 9.67. The average Bonchev–Trinajstić information content (AvgIpc) is 1.90. The van der Waals surface area contributed by atoms with Gasteiger partial charge >= 0.3 is 77.1 Å². The molecule has 0 radical (unpaired) electrons. The molecule has 0 aliphatic heterocycles.